The minimum absolute atomic E-state index is 0.0874. The van der Waals surface area contributed by atoms with Crippen LogP contribution in [0.2, 0.25) is 0 Å². The first-order chi connectivity index (χ1) is 8.70. The van der Waals surface area contributed by atoms with Crippen molar-refractivity contribution in [2.45, 2.75) is 24.7 Å². The highest BCUT2D eigenvalue weighted by Gasteiger charge is 2.44. The van der Waals surface area contributed by atoms with Crippen LogP contribution in [0.25, 0.3) is 0 Å². The Morgan fingerprint density at radius 1 is 1.50 bits per heavy atom. The summed E-state index contributed by atoms with van der Waals surface area (Å²) in [5, 5.41) is 9.13. The van der Waals surface area contributed by atoms with E-state index < -0.39 is 0 Å². The zero-order chi connectivity index (χ0) is 13.0. The van der Waals surface area contributed by atoms with Crippen molar-refractivity contribution in [3.8, 4) is 17.9 Å². The van der Waals surface area contributed by atoms with E-state index in [1.54, 1.807) is 0 Å². The number of carbonyl (C=O) groups is 1. The van der Waals surface area contributed by atoms with Gasteiger partial charge in [0.2, 0.25) is 0 Å². The van der Waals surface area contributed by atoms with E-state index in [4.69, 9.17) is 5.26 Å². The van der Waals surface area contributed by atoms with E-state index in [9.17, 15) is 4.79 Å². The molecule has 0 aliphatic heterocycles. The quantitative estimate of drug-likeness (QED) is 0.587. The molecular formula is C15H13NO2. The molecule has 0 heterocycles. The van der Waals surface area contributed by atoms with Crippen LogP contribution in [0.5, 0.6) is 0 Å². The Balaban J connectivity index is 2.14. The van der Waals surface area contributed by atoms with E-state index in [2.05, 4.69) is 22.6 Å². The molecule has 3 nitrogen and oxygen atoms in total. The first-order valence-corrected chi connectivity index (χ1v) is 5.78. The molecular weight excluding hydrogens is 226 g/mol. The maximum atomic E-state index is 10.9. The fourth-order valence-corrected chi connectivity index (χ4v) is 1.78. The van der Waals surface area contributed by atoms with Crippen molar-refractivity contribution in [3.63, 3.8) is 0 Å². The van der Waals surface area contributed by atoms with E-state index >= 15 is 0 Å². The summed E-state index contributed by atoms with van der Waals surface area (Å²) in [6.07, 6.45) is 1.93. The van der Waals surface area contributed by atoms with Gasteiger partial charge < -0.3 is 4.74 Å². The van der Waals surface area contributed by atoms with Gasteiger partial charge >= 0.3 is 5.97 Å². The van der Waals surface area contributed by atoms with Gasteiger partial charge in [-0.2, -0.15) is 5.26 Å². The number of hydrogen-bond acceptors (Lipinski definition) is 3. The summed E-state index contributed by atoms with van der Waals surface area (Å²) in [5.74, 6) is 5.34. The second kappa shape index (κ2) is 4.94. The zero-order valence-corrected chi connectivity index (χ0v) is 10.2. The maximum absolute atomic E-state index is 10.9. The highest BCUT2D eigenvalue weighted by Crippen LogP contribution is 2.47. The van der Waals surface area contributed by atoms with Gasteiger partial charge in [-0.3, -0.25) is 4.79 Å². The average molecular weight is 239 g/mol. The second-order valence-corrected chi connectivity index (χ2v) is 4.33. The minimum Gasteiger partial charge on any atom is -0.468 e. The number of methoxy groups -OCH3 is 1. The van der Waals surface area contributed by atoms with Gasteiger partial charge in [-0.1, -0.05) is 24.0 Å². The average Bonchev–Trinajstić information content (AvgIpc) is 3.20. The van der Waals surface area contributed by atoms with Gasteiger partial charge in [-0.05, 0) is 30.5 Å². The molecule has 0 spiro atoms. The molecule has 1 fully saturated rings. The highest BCUT2D eigenvalue weighted by molar-refractivity contribution is 5.72. The molecule has 1 aromatic rings. The summed E-state index contributed by atoms with van der Waals surface area (Å²) in [4.78, 5) is 10.9. The number of rotatable bonds is 2. The maximum Gasteiger partial charge on any atom is 0.317 e. The smallest absolute Gasteiger partial charge is 0.317 e. The minimum atomic E-state index is -0.339. The van der Waals surface area contributed by atoms with Crippen LogP contribution in [-0.2, 0) is 14.9 Å². The Bertz CT molecular complexity index is 568. The fraction of sp³-hybridized carbons (Fsp3) is 0.333. The third-order valence-corrected chi connectivity index (χ3v) is 3.07. The lowest BCUT2D eigenvalue weighted by atomic mass is 9.96. The number of nitriles is 1. The lowest BCUT2D eigenvalue weighted by Crippen LogP contribution is -2.02. The number of ether oxygens (including phenoxy) is 1. The molecule has 1 saturated carbocycles. The van der Waals surface area contributed by atoms with Crippen molar-refractivity contribution < 1.29 is 9.53 Å². The molecule has 0 aromatic heterocycles. The molecule has 0 unspecified atom stereocenters. The number of hydrogen-bond donors (Lipinski definition) is 0. The van der Waals surface area contributed by atoms with E-state index in [1.165, 1.54) is 7.11 Å². The van der Waals surface area contributed by atoms with Gasteiger partial charge in [-0.25, -0.2) is 0 Å². The zero-order valence-electron chi connectivity index (χ0n) is 10.2. The van der Waals surface area contributed by atoms with Crippen molar-refractivity contribution in [1.29, 1.82) is 5.26 Å². The Hall–Kier alpha value is -2.26. The Morgan fingerprint density at radius 2 is 2.28 bits per heavy atom. The molecule has 1 aliphatic rings. The summed E-state index contributed by atoms with van der Waals surface area (Å²) in [5.41, 5.74) is 1.56. The third-order valence-electron chi connectivity index (χ3n) is 3.07. The molecule has 0 bridgehead atoms. The van der Waals surface area contributed by atoms with Crippen LogP contribution in [0.1, 0.15) is 30.4 Å². The first-order valence-electron chi connectivity index (χ1n) is 5.78. The van der Waals surface area contributed by atoms with Crippen LogP contribution in [0.4, 0.5) is 0 Å². The summed E-state index contributed by atoms with van der Waals surface area (Å²) < 4.78 is 4.51. The summed E-state index contributed by atoms with van der Waals surface area (Å²) in [7, 11) is 1.34. The summed E-state index contributed by atoms with van der Waals surface area (Å²) in [6, 6.07) is 10.0. The van der Waals surface area contributed by atoms with Crippen molar-refractivity contribution in [2.75, 3.05) is 7.11 Å². The van der Waals surface area contributed by atoms with Crippen LogP contribution in [0.3, 0.4) is 0 Å². The lowest BCUT2D eigenvalue weighted by Gasteiger charge is -2.05. The van der Waals surface area contributed by atoms with Crippen molar-refractivity contribution >= 4 is 5.97 Å². The van der Waals surface area contributed by atoms with Crippen LogP contribution in [0.15, 0.2) is 24.3 Å². The normalized spacial score (nSPS) is 14.9. The highest BCUT2D eigenvalue weighted by atomic mass is 16.5. The molecule has 0 radical (unpaired) electrons. The molecule has 1 aliphatic carbocycles. The van der Waals surface area contributed by atoms with Crippen molar-refractivity contribution in [2.24, 2.45) is 0 Å². The Labute approximate surface area is 106 Å². The third kappa shape index (κ3) is 2.52. The molecule has 0 saturated heterocycles. The molecule has 1 aromatic carbocycles. The van der Waals surface area contributed by atoms with Crippen molar-refractivity contribution in [3.05, 3.63) is 35.4 Å². The van der Waals surface area contributed by atoms with E-state index in [-0.39, 0.29) is 17.8 Å². The molecule has 0 atom stereocenters. The number of benzene rings is 1. The summed E-state index contributed by atoms with van der Waals surface area (Å²) >= 11 is 0. The van der Waals surface area contributed by atoms with Crippen molar-refractivity contribution in [1.82, 2.24) is 0 Å². The summed E-state index contributed by atoms with van der Waals surface area (Å²) in [6.45, 7) is 0. The lowest BCUT2D eigenvalue weighted by molar-refractivity contribution is -0.139. The first kappa shape index (κ1) is 12.2. The predicted molar refractivity (Wildman–Crippen MR) is 66.5 cm³/mol. The predicted octanol–water partition coefficient (Wildman–Crippen LogP) is 2.16. The van der Waals surface area contributed by atoms with Gasteiger partial charge in [0.25, 0.3) is 0 Å². The SMILES string of the molecule is COC(=O)CC#Cc1cccc(C2(C#N)CC2)c1. The van der Waals surface area contributed by atoms with Gasteiger partial charge in [0.1, 0.15) is 6.42 Å². The Kier molecular flexibility index (Phi) is 3.35. The molecule has 90 valence electrons. The van der Waals surface area contributed by atoms with Crippen LogP contribution < -0.4 is 0 Å². The van der Waals surface area contributed by atoms with Gasteiger partial charge in [-0.15, -0.1) is 0 Å². The monoisotopic (exact) mass is 239 g/mol. The standard InChI is InChI=1S/C15H13NO2/c1-18-14(17)7-3-5-12-4-2-6-13(10-12)15(11-16)8-9-15/h2,4,6,10H,7-9H2,1H3. The van der Waals surface area contributed by atoms with Crippen LogP contribution in [-0.4, -0.2) is 13.1 Å². The van der Waals surface area contributed by atoms with E-state index in [0.29, 0.717) is 0 Å². The Morgan fingerprint density at radius 3 is 2.89 bits per heavy atom. The van der Waals surface area contributed by atoms with Crippen LogP contribution in [0, 0.1) is 23.2 Å². The van der Waals surface area contributed by atoms with Gasteiger partial charge in [0.05, 0.1) is 18.6 Å². The molecule has 0 amide bonds. The van der Waals surface area contributed by atoms with Gasteiger partial charge in [0, 0.05) is 5.56 Å². The van der Waals surface area contributed by atoms with Crippen LogP contribution >= 0.6 is 0 Å². The largest absolute Gasteiger partial charge is 0.468 e. The molecule has 0 N–H and O–H groups in total. The second-order valence-electron chi connectivity index (χ2n) is 4.33. The fourth-order valence-electron chi connectivity index (χ4n) is 1.78. The number of nitrogens with zero attached hydrogens (tertiary/aromatic N) is 1. The van der Waals surface area contributed by atoms with E-state index in [1.807, 2.05) is 24.3 Å². The molecule has 3 heteroatoms. The van der Waals surface area contributed by atoms with Gasteiger partial charge in [0.15, 0.2) is 0 Å². The van der Waals surface area contributed by atoms with E-state index in [0.717, 1.165) is 24.0 Å². The molecule has 18 heavy (non-hydrogen) atoms. The topological polar surface area (TPSA) is 50.1 Å². The molecule has 2 rings (SSSR count). The number of carbonyl (C=O) groups excluding carboxylic acids is 1. The number of esters is 1.